The van der Waals surface area contributed by atoms with Crippen LogP contribution in [-0.2, 0) is 27.2 Å². The Hall–Kier alpha value is -3.43. The van der Waals surface area contributed by atoms with Crippen LogP contribution in [0.5, 0.6) is 0 Å². The summed E-state index contributed by atoms with van der Waals surface area (Å²) in [7, 11) is 0. The molecule has 2 heterocycles. The topological polar surface area (TPSA) is 108 Å². The highest BCUT2D eigenvalue weighted by Crippen LogP contribution is 2.30. The van der Waals surface area contributed by atoms with Gasteiger partial charge in [-0.25, -0.2) is 9.59 Å². The van der Waals surface area contributed by atoms with Gasteiger partial charge < -0.3 is 15.1 Å². The number of hydrogen-bond acceptors (Lipinski definition) is 4. The van der Waals surface area contributed by atoms with Crippen molar-refractivity contribution in [1.29, 1.82) is 0 Å². The molecule has 0 fully saturated rings. The Morgan fingerprint density at radius 1 is 1.13 bits per heavy atom. The minimum Gasteiger partial charge on any atom is -0.479 e. The molecular weight excluding hydrogens is 405 g/mol. The second kappa shape index (κ2) is 9.38. The molecule has 1 amide bonds. The van der Waals surface area contributed by atoms with Crippen molar-refractivity contribution < 1.29 is 37.8 Å². The van der Waals surface area contributed by atoms with Gasteiger partial charge in [0.15, 0.2) is 6.04 Å². The molecule has 1 aliphatic heterocycles. The smallest absolute Gasteiger partial charge is 0.479 e. The number of nitrogens with zero attached hydrogens (tertiary/aromatic N) is 2. The first-order chi connectivity index (χ1) is 14.0. The van der Waals surface area contributed by atoms with Crippen molar-refractivity contribution in [1.82, 2.24) is 9.88 Å². The molecule has 30 heavy (non-hydrogen) atoms. The molecule has 1 aliphatic rings. The van der Waals surface area contributed by atoms with Crippen molar-refractivity contribution in [3.63, 3.8) is 0 Å². The zero-order chi connectivity index (χ0) is 22.5. The molecule has 0 saturated heterocycles. The minimum atomic E-state index is -5.08. The molecule has 2 aromatic rings. The van der Waals surface area contributed by atoms with E-state index in [0.717, 1.165) is 16.8 Å². The number of pyridine rings is 1. The van der Waals surface area contributed by atoms with Crippen LogP contribution in [0.15, 0.2) is 42.6 Å². The number of carbonyl (C=O) groups excluding carboxylic acids is 1. The lowest BCUT2D eigenvalue weighted by Crippen LogP contribution is -2.44. The molecule has 0 radical (unpaired) electrons. The summed E-state index contributed by atoms with van der Waals surface area (Å²) in [4.78, 5) is 38.9. The predicted molar refractivity (Wildman–Crippen MR) is 98.6 cm³/mol. The quantitative estimate of drug-likeness (QED) is 0.785. The molecular formula is C20H19F3N2O5. The molecule has 3 rings (SSSR count). The van der Waals surface area contributed by atoms with Crippen LogP contribution in [-0.4, -0.2) is 50.7 Å². The molecule has 1 unspecified atom stereocenters. The molecule has 1 aromatic carbocycles. The lowest BCUT2D eigenvalue weighted by atomic mass is 9.92. The number of aromatic nitrogens is 1. The van der Waals surface area contributed by atoms with E-state index in [-0.39, 0.29) is 12.3 Å². The van der Waals surface area contributed by atoms with Crippen molar-refractivity contribution in [2.45, 2.75) is 32.0 Å². The van der Waals surface area contributed by atoms with Crippen LogP contribution in [0.2, 0.25) is 0 Å². The minimum absolute atomic E-state index is 0.166. The normalized spacial score (nSPS) is 15.5. The number of carboxylic acids is 2. The summed E-state index contributed by atoms with van der Waals surface area (Å²) in [6, 6.07) is 10.2. The lowest BCUT2D eigenvalue weighted by molar-refractivity contribution is -0.192. The molecule has 0 saturated carbocycles. The number of halogens is 3. The summed E-state index contributed by atoms with van der Waals surface area (Å²) in [6.07, 6.45) is -2.57. The Kier molecular flexibility index (Phi) is 7.14. The van der Waals surface area contributed by atoms with E-state index >= 15 is 0 Å². The zero-order valence-electron chi connectivity index (χ0n) is 15.9. The van der Waals surface area contributed by atoms with E-state index in [1.54, 1.807) is 12.3 Å². The molecule has 0 spiro atoms. The number of carbonyl (C=O) groups is 3. The Balaban J connectivity index is 0.000000396. The molecule has 160 valence electrons. The van der Waals surface area contributed by atoms with Crippen LogP contribution in [0.4, 0.5) is 13.2 Å². The van der Waals surface area contributed by atoms with E-state index in [4.69, 9.17) is 9.90 Å². The predicted octanol–water partition coefficient (Wildman–Crippen LogP) is 2.78. The first-order valence-electron chi connectivity index (χ1n) is 8.82. The third-order valence-corrected chi connectivity index (χ3v) is 4.41. The van der Waals surface area contributed by atoms with Crippen molar-refractivity contribution in [2.75, 3.05) is 6.54 Å². The van der Waals surface area contributed by atoms with Gasteiger partial charge >= 0.3 is 18.1 Å². The molecule has 1 aromatic heterocycles. The van der Waals surface area contributed by atoms with Crippen LogP contribution in [0.3, 0.4) is 0 Å². The number of aliphatic carboxylic acids is 2. The molecule has 1 atom stereocenters. The third-order valence-electron chi connectivity index (χ3n) is 4.41. The van der Waals surface area contributed by atoms with Crippen molar-refractivity contribution in [2.24, 2.45) is 0 Å². The van der Waals surface area contributed by atoms with E-state index < -0.39 is 24.2 Å². The highest BCUT2D eigenvalue weighted by Gasteiger charge is 2.38. The number of aryl methyl sites for hydroxylation is 1. The Morgan fingerprint density at radius 2 is 1.77 bits per heavy atom. The first kappa shape index (κ1) is 22.9. The Labute approximate surface area is 169 Å². The fraction of sp³-hybridized carbons (Fsp3) is 0.300. The van der Waals surface area contributed by atoms with Gasteiger partial charge in [-0.05, 0) is 36.1 Å². The van der Waals surface area contributed by atoms with E-state index in [9.17, 15) is 27.9 Å². The maximum atomic E-state index is 12.6. The summed E-state index contributed by atoms with van der Waals surface area (Å²) >= 11 is 0. The maximum Gasteiger partial charge on any atom is 0.490 e. The van der Waals surface area contributed by atoms with Gasteiger partial charge in [0, 0.05) is 18.4 Å². The van der Waals surface area contributed by atoms with Crippen LogP contribution < -0.4 is 0 Å². The fourth-order valence-electron chi connectivity index (χ4n) is 2.98. The summed E-state index contributed by atoms with van der Waals surface area (Å²) in [5, 5.41) is 16.7. The third kappa shape index (κ3) is 5.79. The second-order valence-corrected chi connectivity index (χ2v) is 6.56. The number of amides is 1. The van der Waals surface area contributed by atoms with Gasteiger partial charge in [0.1, 0.15) is 0 Å². The van der Waals surface area contributed by atoms with Gasteiger partial charge in [0.2, 0.25) is 5.91 Å². The highest BCUT2D eigenvalue weighted by molar-refractivity contribution is 5.86. The number of carboxylic acid groups (broad SMARTS) is 2. The van der Waals surface area contributed by atoms with Crippen LogP contribution in [0.25, 0.3) is 0 Å². The van der Waals surface area contributed by atoms with E-state index in [0.29, 0.717) is 18.5 Å². The number of fused-ring (bicyclic) bond motifs is 1. The summed E-state index contributed by atoms with van der Waals surface area (Å²) in [5.74, 6) is -3.93. The number of benzene rings is 1. The maximum absolute atomic E-state index is 12.6. The van der Waals surface area contributed by atoms with E-state index in [1.165, 1.54) is 4.90 Å². The molecule has 10 heteroatoms. The standard InChI is InChI=1S/C18H18N2O3.C2HF3O2/c1-12-6-7-13(11-19-12)10-16(21)20-9-8-14-4-2-3-5-15(14)17(20)18(22)23;3-2(4,5)1(6)7/h2-7,11,17H,8-10H2,1H3,(H,22,23);(H,6,7). The van der Waals surface area contributed by atoms with Gasteiger partial charge in [0.25, 0.3) is 0 Å². The monoisotopic (exact) mass is 424 g/mol. The van der Waals surface area contributed by atoms with Gasteiger partial charge in [-0.3, -0.25) is 9.78 Å². The first-order valence-corrected chi connectivity index (χ1v) is 8.82. The average molecular weight is 424 g/mol. The zero-order valence-corrected chi connectivity index (χ0v) is 15.9. The molecule has 0 aliphatic carbocycles. The summed E-state index contributed by atoms with van der Waals surface area (Å²) < 4.78 is 31.7. The van der Waals surface area contributed by atoms with Gasteiger partial charge in [-0.15, -0.1) is 0 Å². The number of rotatable bonds is 3. The lowest BCUT2D eigenvalue weighted by Gasteiger charge is -2.34. The largest absolute Gasteiger partial charge is 0.490 e. The van der Waals surface area contributed by atoms with Crippen LogP contribution in [0.1, 0.15) is 28.4 Å². The second-order valence-electron chi connectivity index (χ2n) is 6.56. The fourth-order valence-corrected chi connectivity index (χ4v) is 2.98. The summed E-state index contributed by atoms with van der Waals surface area (Å²) in [5.41, 5.74) is 3.39. The van der Waals surface area contributed by atoms with Gasteiger partial charge in [-0.2, -0.15) is 13.2 Å². The molecule has 7 nitrogen and oxygen atoms in total. The Morgan fingerprint density at radius 3 is 2.30 bits per heavy atom. The van der Waals surface area contributed by atoms with Crippen LogP contribution in [0, 0.1) is 6.92 Å². The van der Waals surface area contributed by atoms with Gasteiger partial charge in [-0.1, -0.05) is 30.3 Å². The average Bonchev–Trinajstić information content (AvgIpc) is 2.68. The van der Waals surface area contributed by atoms with Crippen LogP contribution >= 0.6 is 0 Å². The number of hydrogen-bond donors (Lipinski definition) is 2. The van der Waals surface area contributed by atoms with Gasteiger partial charge in [0.05, 0.1) is 6.42 Å². The van der Waals surface area contributed by atoms with Crippen molar-refractivity contribution in [3.05, 3.63) is 65.0 Å². The van der Waals surface area contributed by atoms with Crippen molar-refractivity contribution in [3.8, 4) is 0 Å². The SMILES string of the molecule is Cc1ccc(CC(=O)N2CCc3ccccc3C2C(=O)O)cn1.O=C(O)C(F)(F)F. The molecule has 2 N–H and O–H groups in total. The molecule has 0 bridgehead atoms. The van der Waals surface area contributed by atoms with E-state index in [2.05, 4.69) is 4.98 Å². The summed E-state index contributed by atoms with van der Waals surface area (Å²) in [6.45, 7) is 2.31. The number of alkyl halides is 3. The van der Waals surface area contributed by atoms with Crippen molar-refractivity contribution >= 4 is 17.8 Å². The Bertz CT molecular complexity index is 929. The van der Waals surface area contributed by atoms with E-state index in [1.807, 2.05) is 37.3 Å². The highest BCUT2D eigenvalue weighted by atomic mass is 19.4.